The van der Waals surface area contributed by atoms with E-state index >= 15 is 0 Å². The van der Waals surface area contributed by atoms with Gasteiger partial charge in [-0.15, -0.1) is 0 Å². The van der Waals surface area contributed by atoms with E-state index in [1.54, 1.807) is 0 Å². The molecule has 0 amide bonds. The van der Waals surface area contributed by atoms with Crippen LogP contribution in [0.2, 0.25) is 10.0 Å². The molecule has 3 heteroatoms. The monoisotopic (exact) mass is 229 g/mol. The van der Waals surface area contributed by atoms with Crippen molar-refractivity contribution in [3.63, 3.8) is 0 Å². The van der Waals surface area contributed by atoms with Gasteiger partial charge in [-0.2, -0.15) is 0 Å². The van der Waals surface area contributed by atoms with Gasteiger partial charge < -0.3 is 5.32 Å². The first kappa shape index (κ1) is 10.3. The Morgan fingerprint density at radius 2 is 2.21 bits per heavy atom. The molecule has 76 valence electrons. The third kappa shape index (κ3) is 1.77. The van der Waals surface area contributed by atoms with E-state index in [1.165, 1.54) is 11.1 Å². The maximum absolute atomic E-state index is 6.16. The highest BCUT2D eigenvalue weighted by molar-refractivity contribution is 6.35. The van der Waals surface area contributed by atoms with Crippen LogP contribution in [0.25, 0.3) is 0 Å². The number of halogens is 2. The second-order valence-corrected chi connectivity index (χ2v) is 4.46. The molecule has 0 radical (unpaired) electrons. The first-order chi connectivity index (χ1) is 6.72. The lowest BCUT2D eigenvalue weighted by Gasteiger charge is -2.27. The zero-order valence-electron chi connectivity index (χ0n) is 8.11. The molecule has 0 saturated carbocycles. The summed E-state index contributed by atoms with van der Waals surface area (Å²) in [7, 11) is 0. The lowest BCUT2D eigenvalue weighted by atomic mass is 9.93. The summed E-state index contributed by atoms with van der Waals surface area (Å²) in [6.07, 6.45) is 2.07. The Balaban J connectivity index is 2.51. The van der Waals surface area contributed by atoms with Crippen molar-refractivity contribution >= 4 is 23.2 Å². The van der Waals surface area contributed by atoms with Crippen LogP contribution in [0.1, 0.15) is 30.5 Å². The van der Waals surface area contributed by atoms with Crippen molar-refractivity contribution in [3.05, 3.63) is 33.3 Å². The molecule has 0 spiro atoms. The smallest absolute Gasteiger partial charge is 0.0456 e. The third-order valence-electron chi connectivity index (χ3n) is 2.74. The molecule has 1 aromatic rings. The largest absolute Gasteiger partial charge is 0.310 e. The second-order valence-electron chi connectivity index (χ2n) is 3.62. The number of benzene rings is 1. The highest BCUT2D eigenvalue weighted by Crippen LogP contribution is 2.33. The van der Waals surface area contributed by atoms with Crippen LogP contribution in [0.4, 0.5) is 0 Å². The van der Waals surface area contributed by atoms with Crippen molar-refractivity contribution in [2.24, 2.45) is 0 Å². The summed E-state index contributed by atoms with van der Waals surface area (Å²) in [4.78, 5) is 0. The van der Waals surface area contributed by atoms with Gasteiger partial charge in [0, 0.05) is 16.1 Å². The van der Waals surface area contributed by atoms with E-state index in [0.29, 0.717) is 6.04 Å². The average molecular weight is 230 g/mol. The fourth-order valence-corrected chi connectivity index (χ4v) is 2.65. The molecule has 1 aliphatic rings. The Labute approximate surface area is 94.4 Å². The molecule has 1 heterocycles. The highest BCUT2D eigenvalue weighted by Gasteiger charge is 2.20. The predicted molar refractivity (Wildman–Crippen MR) is 61.2 cm³/mol. The molecule has 1 unspecified atom stereocenters. The van der Waals surface area contributed by atoms with Gasteiger partial charge in [0.15, 0.2) is 0 Å². The Hall–Kier alpha value is -0.240. The summed E-state index contributed by atoms with van der Waals surface area (Å²) >= 11 is 12.1. The number of fused-ring (bicyclic) bond motifs is 1. The van der Waals surface area contributed by atoms with E-state index in [0.717, 1.165) is 29.4 Å². The minimum absolute atomic E-state index is 0.412. The van der Waals surface area contributed by atoms with Gasteiger partial charge >= 0.3 is 0 Å². The fraction of sp³-hybridized carbons (Fsp3) is 0.455. The van der Waals surface area contributed by atoms with Crippen LogP contribution in [-0.4, -0.2) is 6.54 Å². The standard InChI is InChI=1S/C11H13Cl2N/c1-2-11-9-5-7(12)6-10(13)8(9)3-4-14-11/h5-6,11,14H,2-4H2,1H3. The molecule has 0 aliphatic carbocycles. The molecule has 1 N–H and O–H groups in total. The number of hydrogen-bond acceptors (Lipinski definition) is 1. The summed E-state index contributed by atoms with van der Waals surface area (Å²) in [5.41, 5.74) is 2.54. The highest BCUT2D eigenvalue weighted by atomic mass is 35.5. The lowest BCUT2D eigenvalue weighted by Crippen LogP contribution is -2.29. The summed E-state index contributed by atoms with van der Waals surface area (Å²) in [6, 6.07) is 4.28. The number of nitrogens with one attached hydrogen (secondary N) is 1. The van der Waals surface area contributed by atoms with Gasteiger partial charge in [0.2, 0.25) is 0 Å². The quantitative estimate of drug-likeness (QED) is 0.777. The molecule has 0 saturated heterocycles. The maximum atomic E-state index is 6.16. The Bertz CT molecular complexity index is 349. The van der Waals surface area contributed by atoms with Crippen LogP contribution in [0.5, 0.6) is 0 Å². The second kappa shape index (κ2) is 4.09. The molecule has 0 bridgehead atoms. The molecule has 1 atom stereocenters. The van der Waals surface area contributed by atoms with Crippen LogP contribution < -0.4 is 5.32 Å². The van der Waals surface area contributed by atoms with Gasteiger partial charge in [-0.25, -0.2) is 0 Å². The normalized spacial score (nSPS) is 20.6. The summed E-state index contributed by atoms with van der Waals surface area (Å²) in [5.74, 6) is 0. The zero-order valence-corrected chi connectivity index (χ0v) is 9.62. The van der Waals surface area contributed by atoms with Crippen molar-refractivity contribution < 1.29 is 0 Å². The summed E-state index contributed by atoms with van der Waals surface area (Å²) < 4.78 is 0. The molecule has 14 heavy (non-hydrogen) atoms. The van der Waals surface area contributed by atoms with Crippen LogP contribution in [-0.2, 0) is 6.42 Å². The molecule has 0 aromatic heterocycles. The average Bonchev–Trinajstić information content (AvgIpc) is 2.17. The molecular formula is C11H13Cl2N. The van der Waals surface area contributed by atoms with Crippen LogP contribution in [0.15, 0.2) is 12.1 Å². The topological polar surface area (TPSA) is 12.0 Å². The van der Waals surface area contributed by atoms with Crippen molar-refractivity contribution in [2.45, 2.75) is 25.8 Å². The van der Waals surface area contributed by atoms with E-state index in [9.17, 15) is 0 Å². The Morgan fingerprint density at radius 3 is 2.93 bits per heavy atom. The number of hydrogen-bond donors (Lipinski definition) is 1. The minimum atomic E-state index is 0.412. The molecule has 1 aromatic carbocycles. The number of rotatable bonds is 1. The first-order valence-electron chi connectivity index (χ1n) is 4.93. The first-order valence-corrected chi connectivity index (χ1v) is 5.69. The Morgan fingerprint density at radius 1 is 1.43 bits per heavy atom. The van der Waals surface area contributed by atoms with Crippen LogP contribution in [0.3, 0.4) is 0 Å². The van der Waals surface area contributed by atoms with Gasteiger partial charge in [0.25, 0.3) is 0 Å². The van der Waals surface area contributed by atoms with Gasteiger partial charge in [0.1, 0.15) is 0 Å². The van der Waals surface area contributed by atoms with Crippen molar-refractivity contribution in [2.75, 3.05) is 6.54 Å². The van der Waals surface area contributed by atoms with Gasteiger partial charge in [-0.05, 0) is 42.6 Å². The fourth-order valence-electron chi connectivity index (χ4n) is 2.04. The maximum Gasteiger partial charge on any atom is 0.0456 e. The molecular weight excluding hydrogens is 217 g/mol. The van der Waals surface area contributed by atoms with Crippen molar-refractivity contribution in [1.82, 2.24) is 5.32 Å². The van der Waals surface area contributed by atoms with E-state index in [2.05, 4.69) is 12.2 Å². The molecule has 0 fully saturated rings. The van der Waals surface area contributed by atoms with E-state index in [-0.39, 0.29) is 0 Å². The zero-order chi connectivity index (χ0) is 10.1. The molecule has 2 rings (SSSR count). The van der Waals surface area contributed by atoms with E-state index in [1.807, 2.05) is 12.1 Å². The van der Waals surface area contributed by atoms with E-state index < -0.39 is 0 Å². The minimum Gasteiger partial charge on any atom is -0.310 e. The summed E-state index contributed by atoms with van der Waals surface area (Å²) in [6.45, 7) is 3.18. The lowest BCUT2D eigenvalue weighted by molar-refractivity contribution is 0.493. The molecule has 1 aliphatic heterocycles. The van der Waals surface area contributed by atoms with Crippen molar-refractivity contribution in [1.29, 1.82) is 0 Å². The van der Waals surface area contributed by atoms with Crippen LogP contribution in [0, 0.1) is 0 Å². The van der Waals surface area contributed by atoms with Gasteiger partial charge in [-0.3, -0.25) is 0 Å². The Kier molecular flexibility index (Phi) is 3.01. The van der Waals surface area contributed by atoms with Crippen LogP contribution >= 0.6 is 23.2 Å². The summed E-state index contributed by atoms with van der Waals surface area (Å²) in [5, 5.41) is 5.01. The third-order valence-corrected chi connectivity index (χ3v) is 3.30. The van der Waals surface area contributed by atoms with Gasteiger partial charge in [0.05, 0.1) is 0 Å². The molecule has 1 nitrogen and oxygen atoms in total. The predicted octanol–water partition coefficient (Wildman–Crippen LogP) is 3.59. The van der Waals surface area contributed by atoms with Gasteiger partial charge in [-0.1, -0.05) is 30.1 Å². The van der Waals surface area contributed by atoms with E-state index in [4.69, 9.17) is 23.2 Å². The SMILES string of the molecule is CCC1NCCc2c(Cl)cc(Cl)cc21. The van der Waals surface area contributed by atoms with Crippen molar-refractivity contribution in [3.8, 4) is 0 Å².